The lowest BCUT2D eigenvalue weighted by Gasteiger charge is -2.10. The van der Waals surface area contributed by atoms with Gasteiger partial charge in [0.2, 0.25) is 5.82 Å². The molecule has 4 aromatic rings. The number of H-pyrrole nitrogens is 1. The van der Waals surface area contributed by atoms with Crippen LogP contribution in [-0.2, 0) is 20.9 Å². The first kappa shape index (κ1) is 24.5. The fourth-order valence-corrected chi connectivity index (χ4v) is 4.84. The second-order valence-electron chi connectivity index (χ2n) is 8.65. The highest BCUT2D eigenvalue weighted by atomic mass is 35.5. The summed E-state index contributed by atoms with van der Waals surface area (Å²) in [5, 5.41) is 17.3. The maximum absolute atomic E-state index is 12.9. The second-order valence-corrected chi connectivity index (χ2v) is 9.09. The number of carbonyl (C=O) groups is 2. The second kappa shape index (κ2) is 10.8. The van der Waals surface area contributed by atoms with Gasteiger partial charge in [-0.2, -0.15) is 5.21 Å². The molecule has 1 amide bonds. The van der Waals surface area contributed by atoms with E-state index in [0.29, 0.717) is 16.5 Å². The highest BCUT2D eigenvalue weighted by Gasteiger charge is 2.57. The molecule has 0 radical (unpaired) electrons. The highest BCUT2D eigenvalue weighted by molar-refractivity contribution is 6.31. The van der Waals surface area contributed by atoms with Crippen molar-refractivity contribution in [2.45, 2.75) is 25.4 Å². The third-order valence-corrected chi connectivity index (χ3v) is 6.44. The number of amides is 1. The van der Waals surface area contributed by atoms with Gasteiger partial charge in [-0.3, -0.25) is 10.1 Å². The number of rotatable bonds is 8. The molecule has 1 saturated carbocycles. The Labute approximate surface area is 218 Å². The van der Waals surface area contributed by atoms with Gasteiger partial charge in [-0.15, -0.1) is 10.2 Å². The lowest BCUT2D eigenvalue weighted by molar-refractivity contribution is -0.144. The third kappa shape index (κ3) is 5.62. The summed E-state index contributed by atoms with van der Waals surface area (Å²) in [6, 6.07) is 22.4. The molecule has 2 N–H and O–H groups in total. The predicted octanol–water partition coefficient (Wildman–Crippen LogP) is 5.33. The Hall–Kier alpha value is -4.24. The molecule has 1 fully saturated rings. The summed E-state index contributed by atoms with van der Waals surface area (Å²) in [5.41, 5.74) is 3.91. The number of halogens is 1. The van der Waals surface area contributed by atoms with Crippen molar-refractivity contribution in [3.8, 4) is 11.4 Å². The molecule has 1 aromatic heterocycles. The molecule has 1 heterocycles. The lowest BCUT2D eigenvalue weighted by atomic mass is 10.0. The Kier molecular flexibility index (Phi) is 7.14. The van der Waals surface area contributed by atoms with E-state index in [1.54, 1.807) is 13.0 Å². The average Bonchev–Trinajstić information content (AvgIpc) is 3.41. The first-order valence-electron chi connectivity index (χ1n) is 11.8. The topological polar surface area (TPSA) is 119 Å². The number of nitrogens with one attached hydrogen (secondary N) is 2. The van der Waals surface area contributed by atoms with Gasteiger partial charge in [0.05, 0.1) is 12.5 Å². The summed E-state index contributed by atoms with van der Waals surface area (Å²) >= 11 is 6.42. The van der Waals surface area contributed by atoms with Crippen molar-refractivity contribution in [1.82, 2.24) is 20.6 Å². The van der Waals surface area contributed by atoms with Crippen LogP contribution in [0.3, 0.4) is 0 Å². The van der Waals surface area contributed by atoms with Crippen LogP contribution in [0.4, 0.5) is 10.5 Å². The summed E-state index contributed by atoms with van der Waals surface area (Å²) in [6.07, 6.45) is -0.598. The number of nitrogens with zero attached hydrogens (tertiary/aromatic N) is 3. The number of benzene rings is 3. The molecule has 37 heavy (non-hydrogen) atoms. The molecule has 0 bridgehead atoms. The number of aromatic amines is 1. The number of tetrazole rings is 1. The van der Waals surface area contributed by atoms with Gasteiger partial charge in [-0.25, -0.2) is 4.79 Å². The van der Waals surface area contributed by atoms with E-state index in [1.807, 2.05) is 66.7 Å². The van der Waals surface area contributed by atoms with E-state index < -0.39 is 12.0 Å². The molecule has 5 rings (SSSR count). The predicted molar refractivity (Wildman–Crippen MR) is 137 cm³/mol. The molecule has 9 nitrogen and oxygen atoms in total. The van der Waals surface area contributed by atoms with Crippen molar-refractivity contribution in [3.63, 3.8) is 0 Å². The van der Waals surface area contributed by atoms with Crippen LogP contribution in [-0.4, -0.2) is 39.3 Å². The van der Waals surface area contributed by atoms with Crippen LogP contribution >= 0.6 is 11.6 Å². The molecule has 3 aromatic carbocycles. The molecular formula is C27H24ClN5O4. The van der Waals surface area contributed by atoms with Gasteiger partial charge in [0.15, 0.2) is 0 Å². The summed E-state index contributed by atoms with van der Waals surface area (Å²) in [6.45, 7) is 2.21. The fraction of sp³-hybridized carbons (Fsp3) is 0.222. The number of ether oxygens (including phenoxy) is 2. The monoisotopic (exact) mass is 517 g/mol. The molecule has 1 aliphatic carbocycles. The fourth-order valence-electron chi connectivity index (χ4n) is 4.60. The van der Waals surface area contributed by atoms with Crippen LogP contribution in [0.15, 0.2) is 72.8 Å². The van der Waals surface area contributed by atoms with Gasteiger partial charge in [0.1, 0.15) is 6.61 Å². The van der Waals surface area contributed by atoms with E-state index in [0.717, 1.165) is 22.3 Å². The molecule has 10 heteroatoms. The molecule has 0 aliphatic heterocycles. The molecule has 188 valence electrons. The van der Waals surface area contributed by atoms with Crippen LogP contribution in [0.2, 0.25) is 5.02 Å². The number of esters is 1. The first-order chi connectivity index (χ1) is 18.0. The Morgan fingerprint density at radius 3 is 2.54 bits per heavy atom. The van der Waals surface area contributed by atoms with Crippen LogP contribution < -0.4 is 5.32 Å². The maximum Gasteiger partial charge on any atom is 0.411 e. The Morgan fingerprint density at radius 1 is 0.973 bits per heavy atom. The van der Waals surface area contributed by atoms with Gasteiger partial charge in [-0.1, -0.05) is 60.1 Å². The summed E-state index contributed by atoms with van der Waals surface area (Å²) < 4.78 is 10.7. The number of carbonyl (C=O) groups excluding carboxylic acids is 2. The normalized spacial score (nSPS) is 18.2. The smallest absolute Gasteiger partial charge is 0.411 e. The maximum atomic E-state index is 12.9. The molecule has 0 saturated heterocycles. The standard InChI is InChI=1S/C27H24ClN5O4/c1-2-36-26(34)24-22(17-9-6-10-18(11-17)25-30-32-33-31-25)23(24)19-12-20(28)14-21(13-19)29-27(35)37-15-16-7-4-3-5-8-16/h3-14,22-24H,2,15H2,1H3,(H,29,35)(H,30,31,32,33)/t22-,23-,24-/m1/s1. The van der Waals surface area contributed by atoms with Crippen molar-refractivity contribution < 1.29 is 19.1 Å². The van der Waals surface area contributed by atoms with Crippen molar-refractivity contribution in [2.75, 3.05) is 11.9 Å². The average molecular weight is 518 g/mol. The van der Waals surface area contributed by atoms with Crippen LogP contribution in [0, 0.1) is 5.92 Å². The zero-order valence-corrected chi connectivity index (χ0v) is 20.7. The minimum Gasteiger partial charge on any atom is -0.466 e. The van der Waals surface area contributed by atoms with Gasteiger partial charge in [0, 0.05) is 28.1 Å². The Morgan fingerprint density at radius 2 is 1.78 bits per heavy atom. The Balaban J connectivity index is 1.37. The third-order valence-electron chi connectivity index (χ3n) is 6.22. The largest absolute Gasteiger partial charge is 0.466 e. The SMILES string of the molecule is CCOC(=O)[C@H]1[C@H](c2cc(Cl)cc(NC(=O)OCc3ccccc3)c2)[C@H]1c1cccc(-c2nn[nH]n2)c1. The molecule has 0 spiro atoms. The number of hydrogen-bond acceptors (Lipinski definition) is 7. The van der Waals surface area contributed by atoms with Gasteiger partial charge >= 0.3 is 12.1 Å². The van der Waals surface area contributed by atoms with Crippen LogP contribution in [0.1, 0.15) is 35.4 Å². The molecule has 0 unspecified atom stereocenters. The van der Waals surface area contributed by atoms with Crippen molar-refractivity contribution >= 4 is 29.4 Å². The first-order valence-corrected chi connectivity index (χ1v) is 12.2. The quantitative estimate of drug-likeness (QED) is 0.303. The van der Waals surface area contributed by atoms with E-state index in [9.17, 15) is 9.59 Å². The van der Waals surface area contributed by atoms with Gasteiger partial charge < -0.3 is 9.47 Å². The van der Waals surface area contributed by atoms with E-state index in [-0.39, 0.29) is 31.0 Å². The van der Waals surface area contributed by atoms with Crippen molar-refractivity contribution in [1.29, 1.82) is 0 Å². The molecule has 1 aliphatic rings. The summed E-state index contributed by atoms with van der Waals surface area (Å²) in [4.78, 5) is 25.3. The number of hydrogen-bond donors (Lipinski definition) is 2. The number of anilines is 1. The van der Waals surface area contributed by atoms with Crippen LogP contribution in [0.5, 0.6) is 0 Å². The zero-order chi connectivity index (χ0) is 25.8. The van der Waals surface area contributed by atoms with E-state index in [4.69, 9.17) is 21.1 Å². The van der Waals surface area contributed by atoms with Crippen molar-refractivity contribution in [3.05, 3.63) is 94.5 Å². The van der Waals surface area contributed by atoms with Crippen molar-refractivity contribution in [2.24, 2.45) is 5.92 Å². The summed E-state index contributed by atoms with van der Waals surface area (Å²) in [5.74, 6) is -0.521. The zero-order valence-electron chi connectivity index (χ0n) is 19.9. The minimum atomic E-state index is -0.598. The van der Waals surface area contributed by atoms with Gasteiger partial charge in [-0.05, 0) is 53.1 Å². The summed E-state index contributed by atoms with van der Waals surface area (Å²) in [7, 11) is 0. The van der Waals surface area contributed by atoms with E-state index in [1.165, 1.54) is 0 Å². The minimum absolute atomic E-state index is 0.137. The van der Waals surface area contributed by atoms with Crippen LogP contribution in [0.25, 0.3) is 11.4 Å². The number of aromatic nitrogens is 4. The molecular weight excluding hydrogens is 494 g/mol. The molecule has 3 atom stereocenters. The highest BCUT2D eigenvalue weighted by Crippen LogP contribution is 2.61. The Bertz CT molecular complexity index is 1400. The van der Waals surface area contributed by atoms with Gasteiger partial charge in [0.25, 0.3) is 0 Å². The van der Waals surface area contributed by atoms with E-state index in [2.05, 4.69) is 25.9 Å². The van der Waals surface area contributed by atoms with E-state index >= 15 is 0 Å². The lowest BCUT2D eigenvalue weighted by Crippen LogP contribution is -2.13.